The van der Waals surface area contributed by atoms with E-state index in [2.05, 4.69) is 25.9 Å². The number of aromatic nitrogens is 2. The van der Waals surface area contributed by atoms with Crippen LogP contribution in [-0.4, -0.2) is 32.6 Å². The zero-order chi connectivity index (χ0) is 15.0. The molecule has 3 heterocycles. The number of rotatable bonds is 1. The maximum Gasteiger partial charge on any atom is 0.407 e. The molecule has 1 aliphatic rings. The Balaban J connectivity index is 2.08. The van der Waals surface area contributed by atoms with Gasteiger partial charge in [0.2, 0.25) is 0 Å². The second kappa shape index (κ2) is 5.76. The van der Waals surface area contributed by atoms with E-state index in [-0.39, 0.29) is 11.6 Å². The summed E-state index contributed by atoms with van der Waals surface area (Å²) in [5.74, 6) is 0.446. The van der Waals surface area contributed by atoms with Gasteiger partial charge in [-0.15, -0.1) is 11.3 Å². The fourth-order valence-electron chi connectivity index (χ4n) is 2.71. The summed E-state index contributed by atoms with van der Waals surface area (Å²) in [4.78, 5) is 32.2. The molecule has 2 N–H and O–H groups in total. The number of carboxylic acid groups (broad SMARTS) is 1. The fourth-order valence-corrected chi connectivity index (χ4v) is 4.13. The highest BCUT2D eigenvalue weighted by molar-refractivity contribution is 9.11. The molecule has 0 aliphatic carbocycles. The van der Waals surface area contributed by atoms with Crippen molar-refractivity contribution in [3.63, 3.8) is 0 Å². The Morgan fingerprint density at radius 2 is 2.29 bits per heavy atom. The largest absolute Gasteiger partial charge is 0.465 e. The van der Waals surface area contributed by atoms with Crippen LogP contribution in [0.4, 0.5) is 4.79 Å². The molecular weight excluding hydrogens is 358 g/mol. The summed E-state index contributed by atoms with van der Waals surface area (Å²) < 4.78 is 1.39. The molecule has 6 nitrogen and oxygen atoms in total. The number of hydrogen-bond acceptors (Lipinski definition) is 4. The zero-order valence-corrected chi connectivity index (χ0v) is 13.5. The quantitative estimate of drug-likeness (QED) is 0.804. The molecule has 0 saturated carbocycles. The monoisotopic (exact) mass is 371 g/mol. The van der Waals surface area contributed by atoms with Crippen LogP contribution in [-0.2, 0) is 0 Å². The van der Waals surface area contributed by atoms with E-state index in [1.807, 2.05) is 0 Å². The lowest BCUT2D eigenvalue weighted by atomic mass is 10.1. The van der Waals surface area contributed by atoms with Gasteiger partial charge in [0.1, 0.15) is 10.5 Å². The first-order chi connectivity index (χ1) is 10.1. The van der Waals surface area contributed by atoms with Crippen LogP contribution in [0.15, 0.2) is 14.6 Å². The predicted molar refractivity (Wildman–Crippen MR) is 83.9 cm³/mol. The molecule has 3 rings (SSSR count). The van der Waals surface area contributed by atoms with Crippen molar-refractivity contribution in [2.24, 2.45) is 0 Å². The zero-order valence-electron chi connectivity index (χ0n) is 11.1. The van der Waals surface area contributed by atoms with E-state index in [4.69, 9.17) is 0 Å². The number of thiophene rings is 1. The molecule has 1 fully saturated rings. The van der Waals surface area contributed by atoms with Gasteiger partial charge in [-0.2, -0.15) is 0 Å². The Morgan fingerprint density at radius 1 is 1.48 bits per heavy atom. The SMILES string of the molecule is O=C(O)N1CCCCC[C@H]1c1nc2cc(Br)sc2c(=O)[nH]1. The standard InChI is InChI=1S/C13H14BrN3O3S/c14-9-6-7-10(21-9)12(18)16-11(15-7)8-4-2-1-3-5-17(8)13(19)20/h6,8H,1-5H2,(H,19,20)(H,15,16,18)/t8-/m0/s1. The molecule has 1 atom stereocenters. The first-order valence-electron chi connectivity index (χ1n) is 6.75. The summed E-state index contributed by atoms with van der Waals surface area (Å²) in [7, 11) is 0. The summed E-state index contributed by atoms with van der Waals surface area (Å²) in [6.45, 7) is 0.481. The maximum absolute atomic E-state index is 12.1. The smallest absolute Gasteiger partial charge is 0.407 e. The Morgan fingerprint density at radius 3 is 3.05 bits per heavy atom. The van der Waals surface area contributed by atoms with Crippen molar-refractivity contribution >= 4 is 43.6 Å². The minimum absolute atomic E-state index is 0.208. The molecule has 2 aromatic rings. The molecule has 0 spiro atoms. The number of fused-ring (bicyclic) bond motifs is 1. The highest BCUT2D eigenvalue weighted by Crippen LogP contribution is 2.30. The number of nitrogens with zero attached hydrogens (tertiary/aromatic N) is 2. The van der Waals surface area contributed by atoms with Crippen molar-refractivity contribution in [1.29, 1.82) is 0 Å². The van der Waals surface area contributed by atoms with E-state index < -0.39 is 6.09 Å². The van der Waals surface area contributed by atoms with E-state index in [9.17, 15) is 14.7 Å². The lowest BCUT2D eigenvalue weighted by Gasteiger charge is -2.26. The van der Waals surface area contributed by atoms with Gasteiger partial charge in [-0.3, -0.25) is 9.69 Å². The summed E-state index contributed by atoms with van der Waals surface area (Å²) in [5.41, 5.74) is 0.403. The van der Waals surface area contributed by atoms with Gasteiger partial charge in [-0.1, -0.05) is 12.8 Å². The third-order valence-electron chi connectivity index (χ3n) is 3.69. The van der Waals surface area contributed by atoms with Gasteiger partial charge in [0.15, 0.2) is 0 Å². The number of likely N-dealkylation sites (tertiary alicyclic amines) is 1. The van der Waals surface area contributed by atoms with E-state index >= 15 is 0 Å². The lowest BCUT2D eigenvalue weighted by molar-refractivity contribution is 0.123. The van der Waals surface area contributed by atoms with Crippen LogP contribution in [0.3, 0.4) is 0 Å². The van der Waals surface area contributed by atoms with Crippen LogP contribution in [0.5, 0.6) is 0 Å². The third-order valence-corrected chi connectivity index (χ3v) is 5.31. The first-order valence-corrected chi connectivity index (χ1v) is 8.36. The Hall–Kier alpha value is -1.41. The van der Waals surface area contributed by atoms with E-state index in [1.54, 1.807) is 6.07 Å². The van der Waals surface area contributed by atoms with Gasteiger partial charge in [0.05, 0.1) is 15.3 Å². The topological polar surface area (TPSA) is 86.3 Å². The highest BCUT2D eigenvalue weighted by atomic mass is 79.9. The number of nitrogens with one attached hydrogen (secondary N) is 1. The van der Waals surface area contributed by atoms with Gasteiger partial charge in [0.25, 0.3) is 5.56 Å². The maximum atomic E-state index is 12.1. The number of H-pyrrole nitrogens is 1. The van der Waals surface area contributed by atoms with E-state index in [0.717, 1.165) is 23.0 Å². The van der Waals surface area contributed by atoms with Crippen LogP contribution in [0.25, 0.3) is 10.2 Å². The van der Waals surface area contributed by atoms with Crippen molar-refractivity contribution < 1.29 is 9.90 Å². The number of halogens is 1. The van der Waals surface area contributed by atoms with Crippen LogP contribution >= 0.6 is 27.3 Å². The van der Waals surface area contributed by atoms with E-state index in [1.165, 1.54) is 16.2 Å². The van der Waals surface area contributed by atoms with Crippen molar-refractivity contribution in [1.82, 2.24) is 14.9 Å². The van der Waals surface area contributed by atoms with Crippen molar-refractivity contribution in [3.05, 3.63) is 26.0 Å². The molecule has 0 aromatic carbocycles. The molecule has 21 heavy (non-hydrogen) atoms. The second-order valence-corrected chi connectivity index (χ2v) is 7.49. The van der Waals surface area contributed by atoms with Gasteiger partial charge >= 0.3 is 6.09 Å². The van der Waals surface area contributed by atoms with Crippen LogP contribution in [0.1, 0.15) is 37.5 Å². The van der Waals surface area contributed by atoms with Crippen molar-refractivity contribution in [3.8, 4) is 0 Å². The summed E-state index contributed by atoms with van der Waals surface area (Å²) in [6, 6.07) is 1.42. The summed E-state index contributed by atoms with van der Waals surface area (Å²) in [5, 5.41) is 9.38. The number of aromatic amines is 1. The number of carbonyl (C=O) groups is 1. The van der Waals surface area contributed by atoms with Gasteiger partial charge < -0.3 is 10.1 Å². The number of hydrogen-bond donors (Lipinski definition) is 2. The normalized spacial score (nSPS) is 19.7. The third kappa shape index (κ3) is 2.82. The molecule has 1 aliphatic heterocycles. The van der Waals surface area contributed by atoms with Gasteiger partial charge in [-0.25, -0.2) is 9.78 Å². The van der Waals surface area contributed by atoms with Gasteiger partial charge in [0, 0.05) is 6.54 Å². The average Bonchev–Trinajstić information content (AvgIpc) is 2.66. The van der Waals surface area contributed by atoms with Crippen LogP contribution in [0.2, 0.25) is 0 Å². The Bertz CT molecular complexity index is 742. The van der Waals surface area contributed by atoms with Crippen molar-refractivity contribution in [2.75, 3.05) is 6.54 Å². The summed E-state index contributed by atoms with van der Waals surface area (Å²) >= 11 is 4.67. The fraction of sp³-hybridized carbons (Fsp3) is 0.462. The minimum atomic E-state index is -0.962. The van der Waals surface area contributed by atoms with Crippen molar-refractivity contribution in [2.45, 2.75) is 31.7 Å². The first kappa shape index (κ1) is 14.5. The molecule has 0 bridgehead atoms. The van der Waals surface area contributed by atoms with Crippen LogP contribution in [0, 0.1) is 0 Å². The predicted octanol–water partition coefficient (Wildman–Crippen LogP) is 3.34. The van der Waals surface area contributed by atoms with E-state index in [0.29, 0.717) is 29.0 Å². The molecule has 2 aromatic heterocycles. The second-order valence-electron chi connectivity index (χ2n) is 5.06. The lowest BCUT2D eigenvalue weighted by Crippen LogP contribution is -2.35. The molecule has 0 radical (unpaired) electrons. The molecule has 1 saturated heterocycles. The Kier molecular flexibility index (Phi) is 3.99. The van der Waals surface area contributed by atoms with Crippen LogP contribution < -0.4 is 5.56 Å². The Labute approximate surface area is 132 Å². The molecular formula is C13H14BrN3O3S. The molecule has 0 unspecified atom stereocenters. The number of amides is 1. The molecule has 112 valence electrons. The minimum Gasteiger partial charge on any atom is -0.465 e. The average molecular weight is 372 g/mol. The highest BCUT2D eigenvalue weighted by Gasteiger charge is 2.28. The van der Waals surface area contributed by atoms with Gasteiger partial charge in [-0.05, 0) is 34.8 Å². The molecule has 8 heteroatoms. The summed E-state index contributed by atoms with van der Waals surface area (Å²) in [6.07, 6.45) is 2.50. The molecule has 1 amide bonds.